The van der Waals surface area contributed by atoms with E-state index >= 15 is 0 Å². The number of nitrogens with one attached hydrogen (secondary N) is 1. The number of nitrogens with two attached hydrogens (primary N) is 1. The van der Waals surface area contributed by atoms with E-state index in [4.69, 9.17) is 40.5 Å². The predicted octanol–water partition coefficient (Wildman–Crippen LogP) is 3.04. The van der Waals surface area contributed by atoms with E-state index in [1.165, 1.54) is 0 Å². The molecule has 0 saturated carbocycles. The number of benzene rings is 1. The average Bonchev–Trinajstić information content (AvgIpc) is 2.23. The van der Waals surface area contributed by atoms with Gasteiger partial charge in [0.15, 0.2) is 0 Å². The quantitative estimate of drug-likeness (QED) is 0.488. The molecule has 0 heterocycles. The van der Waals surface area contributed by atoms with Crippen molar-refractivity contribution in [3.63, 3.8) is 0 Å². The molecule has 0 bridgehead atoms. The number of carbonyl (C=O) groups excluding carboxylic acids is 1. The lowest BCUT2D eigenvalue weighted by atomic mass is 10.1. The molecule has 0 atom stereocenters. The van der Waals surface area contributed by atoms with Crippen LogP contribution in [0.3, 0.4) is 0 Å². The number of hydrogen-bond acceptors (Lipinski definition) is 2. The first kappa shape index (κ1) is 13.1. The van der Waals surface area contributed by atoms with E-state index < -0.39 is 6.03 Å². The highest BCUT2D eigenvalue weighted by Gasteiger charge is 2.10. The van der Waals surface area contributed by atoms with Gasteiger partial charge in [-0.15, -0.1) is 0 Å². The summed E-state index contributed by atoms with van der Waals surface area (Å²) in [4.78, 5) is 10.5. The summed E-state index contributed by atoms with van der Waals surface area (Å²) in [5.41, 5.74) is 8.02. The van der Waals surface area contributed by atoms with Crippen molar-refractivity contribution in [3.8, 4) is 0 Å². The zero-order valence-electron chi connectivity index (χ0n) is 8.22. The summed E-state index contributed by atoms with van der Waals surface area (Å²) >= 11 is 17.6. The smallest absolute Gasteiger partial charge is 0.332 e. The molecule has 0 radical (unpaired) electrons. The number of urea groups is 1. The molecule has 1 aromatic rings. The van der Waals surface area contributed by atoms with Gasteiger partial charge in [0.05, 0.1) is 20.8 Å². The van der Waals surface area contributed by atoms with Gasteiger partial charge in [-0.2, -0.15) is 5.10 Å². The third-order valence-electron chi connectivity index (χ3n) is 1.76. The van der Waals surface area contributed by atoms with E-state index in [9.17, 15) is 4.79 Å². The Hall–Kier alpha value is -0.970. The lowest BCUT2D eigenvalue weighted by molar-refractivity contribution is 0.249. The Balaban J connectivity index is 3.10. The Bertz CT molecular complexity index is 460. The first-order valence-corrected chi connectivity index (χ1v) is 5.30. The Morgan fingerprint density at radius 3 is 2.50 bits per heavy atom. The third-order valence-corrected chi connectivity index (χ3v) is 3.05. The van der Waals surface area contributed by atoms with Crippen LogP contribution in [0.2, 0.25) is 15.1 Å². The van der Waals surface area contributed by atoms with Gasteiger partial charge in [0.2, 0.25) is 0 Å². The van der Waals surface area contributed by atoms with Crippen molar-refractivity contribution >= 4 is 46.5 Å². The van der Waals surface area contributed by atoms with Crippen molar-refractivity contribution in [2.75, 3.05) is 0 Å². The van der Waals surface area contributed by atoms with Gasteiger partial charge in [-0.1, -0.05) is 40.9 Å². The zero-order chi connectivity index (χ0) is 12.3. The highest BCUT2D eigenvalue weighted by atomic mass is 35.5. The van der Waals surface area contributed by atoms with Crippen LogP contribution in [0, 0.1) is 0 Å². The number of nitrogens with zero attached hydrogens (tertiary/aromatic N) is 1. The number of hydrogen-bond donors (Lipinski definition) is 2. The first-order chi connectivity index (χ1) is 7.43. The summed E-state index contributed by atoms with van der Waals surface area (Å²) in [6.45, 7) is 1.65. The molecular formula is C9H8Cl3N3O. The second kappa shape index (κ2) is 5.39. The van der Waals surface area contributed by atoms with E-state index in [1.54, 1.807) is 19.1 Å². The number of halogens is 3. The van der Waals surface area contributed by atoms with Crippen molar-refractivity contribution in [3.05, 3.63) is 32.8 Å². The molecule has 4 nitrogen and oxygen atoms in total. The van der Waals surface area contributed by atoms with Crippen LogP contribution in [0.5, 0.6) is 0 Å². The SMILES string of the molecule is C/C(=N\NC(N)=O)c1ccc(Cl)c(Cl)c1Cl. The van der Waals surface area contributed by atoms with E-state index in [-0.39, 0.29) is 10.0 Å². The molecule has 16 heavy (non-hydrogen) atoms. The molecule has 0 spiro atoms. The number of primary amides is 1. The molecule has 0 unspecified atom stereocenters. The lowest BCUT2D eigenvalue weighted by Gasteiger charge is -2.06. The fraction of sp³-hybridized carbons (Fsp3) is 0.111. The molecule has 86 valence electrons. The first-order valence-electron chi connectivity index (χ1n) is 4.17. The molecule has 0 aliphatic heterocycles. The maximum atomic E-state index is 10.5. The van der Waals surface area contributed by atoms with E-state index in [2.05, 4.69) is 10.5 Å². The summed E-state index contributed by atoms with van der Waals surface area (Å²) in [5.74, 6) is 0. The second-order valence-corrected chi connectivity index (χ2v) is 4.06. The maximum Gasteiger partial charge on any atom is 0.332 e. The molecule has 0 aliphatic carbocycles. The molecule has 0 saturated heterocycles. The van der Waals surface area contributed by atoms with Crippen LogP contribution >= 0.6 is 34.8 Å². The Kier molecular flexibility index (Phi) is 4.41. The predicted molar refractivity (Wildman–Crippen MR) is 66.4 cm³/mol. The summed E-state index contributed by atoms with van der Waals surface area (Å²) in [6, 6.07) is 2.49. The number of carbonyl (C=O) groups is 1. The topological polar surface area (TPSA) is 67.5 Å². The molecule has 7 heteroatoms. The lowest BCUT2D eigenvalue weighted by Crippen LogP contribution is -2.25. The van der Waals surface area contributed by atoms with Gasteiger partial charge in [-0.05, 0) is 13.0 Å². The average molecular weight is 281 g/mol. The van der Waals surface area contributed by atoms with Crippen LogP contribution in [-0.2, 0) is 0 Å². The highest BCUT2D eigenvalue weighted by Crippen LogP contribution is 2.32. The van der Waals surface area contributed by atoms with E-state index in [1.807, 2.05) is 0 Å². The van der Waals surface area contributed by atoms with E-state index in [0.717, 1.165) is 0 Å². The maximum absolute atomic E-state index is 10.5. The van der Waals surface area contributed by atoms with Gasteiger partial charge in [0.1, 0.15) is 0 Å². The monoisotopic (exact) mass is 279 g/mol. The molecule has 2 amide bonds. The molecule has 3 N–H and O–H groups in total. The van der Waals surface area contributed by atoms with Gasteiger partial charge in [-0.3, -0.25) is 0 Å². The molecule has 1 aromatic carbocycles. The van der Waals surface area contributed by atoms with Gasteiger partial charge < -0.3 is 5.73 Å². The Morgan fingerprint density at radius 1 is 1.31 bits per heavy atom. The summed E-state index contributed by atoms with van der Waals surface area (Å²) in [6.07, 6.45) is 0. The highest BCUT2D eigenvalue weighted by molar-refractivity contribution is 6.49. The normalized spacial score (nSPS) is 11.4. The fourth-order valence-electron chi connectivity index (χ4n) is 1.00. The van der Waals surface area contributed by atoms with Gasteiger partial charge in [-0.25, -0.2) is 10.2 Å². The molecule has 0 aliphatic rings. The molecule has 0 fully saturated rings. The van der Waals surface area contributed by atoms with Crippen molar-refractivity contribution in [2.45, 2.75) is 6.92 Å². The number of hydrazone groups is 1. The van der Waals surface area contributed by atoms with Crippen LogP contribution in [0.1, 0.15) is 12.5 Å². The minimum absolute atomic E-state index is 0.245. The van der Waals surface area contributed by atoms with Crippen LogP contribution in [0.4, 0.5) is 4.79 Å². The van der Waals surface area contributed by atoms with Crippen molar-refractivity contribution in [1.29, 1.82) is 0 Å². The molecule has 0 aromatic heterocycles. The van der Waals surface area contributed by atoms with Crippen LogP contribution in [0.15, 0.2) is 17.2 Å². The van der Waals surface area contributed by atoms with Gasteiger partial charge >= 0.3 is 6.03 Å². The van der Waals surface area contributed by atoms with E-state index in [0.29, 0.717) is 16.3 Å². The minimum atomic E-state index is -0.754. The minimum Gasteiger partial charge on any atom is -0.350 e. The summed E-state index contributed by atoms with van der Waals surface area (Å²) < 4.78 is 0. The summed E-state index contributed by atoms with van der Waals surface area (Å²) in [7, 11) is 0. The van der Waals surface area contributed by atoms with Crippen LogP contribution < -0.4 is 11.2 Å². The standard InChI is InChI=1S/C9H8Cl3N3O/c1-4(14-15-9(13)16)5-2-3-6(10)8(12)7(5)11/h2-3H,1H3,(H3,13,15,16)/b14-4+. The fourth-order valence-corrected chi connectivity index (χ4v) is 1.68. The van der Waals surface area contributed by atoms with Gasteiger partial charge in [0.25, 0.3) is 0 Å². The zero-order valence-corrected chi connectivity index (χ0v) is 10.5. The summed E-state index contributed by atoms with van der Waals surface area (Å²) in [5, 5.41) is 4.61. The van der Waals surface area contributed by atoms with Crippen LogP contribution in [0.25, 0.3) is 0 Å². The number of rotatable bonds is 2. The van der Waals surface area contributed by atoms with Crippen molar-refractivity contribution in [1.82, 2.24) is 5.43 Å². The Labute approximate surface area is 107 Å². The largest absolute Gasteiger partial charge is 0.350 e. The van der Waals surface area contributed by atoms with Crippen molar-refractivity contribution < 1.29 is 4.79 Å². The molecular weight excluding hydrogens is 272 g/mol. The van der Waals surface area contributed by atoms with Crippen molar-refractivity contribution in [2.24, 2.45) is 10.8 Å². The van der Waals surface area contributed by atoms with Crippen LogP contribution in [-0.4, -0.2) is 11.7 Å². The Morgan fingerprint density at radius 2 is 1.94 bits per heavy atom. The molecule has 1 rings (SSSR count). The number of amides is 2. The second-order valence-electron chi connectivity index (χ2n) is 2.90. The van der Waals surface area contributed by atoms with Gasteiger partial charge in [0, 0.05) is 5.56 Å². The third kappa shape index (κ3) is 3.01.